The molecule has 1 aromatic heterocycles. The molecule has 22 heavy (non-hydrogen) atoms. The molecule has 2 aromatic rings. The first-order valence-corrected chi connectivity index (χ1v) is 7.34. The number of aliphatic hydroxyl groups excluding tert-OH is 1. The molecule has 1 amide bonds. The highest BCUT2D eigenvalue weighted by Crippen LogP contribution is 2.26. The summed E-state index contributed by atoms with van der Waals surface area (Å²) in [4.78, 5) is 14.2. The number of carbonyl (C=O) groups excluding carboxylic acids is 1. The molecule has 0 spiro atoms. The summed E-state index contributed by atoms with van der Waals surface area (Å²) < 4.78 is 1.65. The number of benzene rings is 1. The summed E-state index contributed by atoms with van der Waals surface area (Å²) in [5.41, 5.74) is 2.95. The molecule has 1 aliphatic heterocycles. The second kappa shape index (κ2) is 5.81. The minimum atomic E-state index is -0.443. The van der Waals surface area contributed by atoms with E-state index in [2.05, 4.69) is 10.4 Å². The van der Waals surface area contributed by atoms with Crippen LogP contribution in [0.2, 0.25) is 0 Å². The molecular formula is C16H20N4O2. The van der Waals surface area contributed by atoms with Gasteiger partial charge in [0.25, 0.3) is 0 Å². The summed E-state index contributed by atoms with van der Waals surface area (Å²) in [5, 5.41) is 17.1. The van der Waals surface area contributed by atoms with Crippen LogP contribution in [-0.2, 0) is 18.3 Å². The number of hydrogen-bond acceptors (Lipinski definition) is 4. The predicted octanol–water partition coefficient (Wildman–Crippen LogP) is 1.09. The van der Waals surface area contributed by atoms with Crippen molar-refractivity contribution < 1.29 is 9.90 Å². The molecule has 0 saturated heterocycles. The van der Waals surface area contributed by atoms with Gasteiger partial charge < -0.3 is 15.3 Å². The van der Waals surface area contributed by atoms with Crippen molar-refractivity contribution in [1.82, 2.24) is 9.78 Å². The second-order valence-electron chi connectivity index (χ2n) is 5.71. The Kier molecular flexibility index (Phi) is 3.85. The van der Waals surface area contributed by atoms with Crippen LogP contribution in [0.15, 0.2) is 30.3 Å². The maximum atomic E-state index is 12.3. The molecular weight excluding hydrogens is 280 g/mol. The van der Waals surface area contributed by atoms with E-state index in [1.165, 1.54) is 0 Å². The molecule has 3 rings (SSSR count). The molecule has 0 saturated carbocycles. The van der Waals surface area contributed by atoms with Crippen LogP contribution in [0.3, 0.4) is 0 Å². The molecule has 116 valence electrons. The number of fused-ring (bicyclic) bond motifs is 1. The molecule has 0 fully saturated rings. The van der Waals surface area contributed by atoms with E-state index in [-0.39, 0.29) is 12.5 Å². The highest BCUT2D eigenvalue weighted by Gasteiger charge is 2.24. The smallest absolute Gasteiger partial charge is 0.245 e. The third-order valence-electron chi connectivity index (χ3n) is 3.82. The first-order chi connectivity index (χ1) is 10.5. The minimum absolute atomic E-state index is 0.119. The van der Waals surface area contributed by atoms with Gasteiger partial charge in [-0.15, -0.1) is 0 Å². The molecule has 1 aliphatic rings. The van der Waals surface area contributed by atoms with Gasteiger partial charge in [-0.3, -0.25) is 9.48 Å². The zero-order valence-corrected chi connectivity index (χ0v) is 12.8. The van der Waals surface area contributed by atoms with E-state index in [0.717, 1.165) is 16.9 Å². The molecule has 0 bridgehead atoms. The summed E-state index contributed by atoms with van der Waals surface area (Å²) in [6.45, 7) is 2.56. The topological polar surface area (TPSA) is 70.4 Å². The Morgan fingerprint density at radius 1 is 1.45 bits per heavy atom. The molecule has 0 radical (unpaired) electrons. The Hall–Kier alpha value is -2.34. The van der Waals surface area contributed by atoms with Crippen LogP contribution in [0.4, 0.5) is 11.5 Å². The maximum Gasteiger partial charge on any atom is 0.245 e. The standard InChI is InChI=1S/C16H20N4O2/c1-11-7-15(19(2)18-11)17-16(22)10-20-9-13(21)8-12-5-3-4-6-14(12)20/h3-7,13,21H,8-10H2,1-2H3,(H,17,22). The van der Waals surface area contributed by atoms with Crippen molar-refractivity contribution in [3.63, 3.8) is 0 Å². The molecule has 2 heterocycles. The van der Waals surface area contributed by atoms with Crippen LogP contribution in [-0.4, -0.2) is 40.0 Å². The molecule has 0 aliphatic carbocycles. The lowest BCUT2D eigenvalue weighted by Crippen LogP contribution is -2.42. The number of nitrogens with one attached hydrogen (secondary N) is 1. The van der Waals surface area contributed by atoms with E-state index in [1.54, 1.807) is 11.7 Å². The van der Waals surface area contributed by atoms with Gasteiger partial charge in [0.2, 0.25) is 5.91 Å². The van der Waals surface area contributed by atoms with E-state index in [9.17, 15) is 9.90 Å². The number of para-hydroxylation sites is 1. The van der Waals surface area contributed by atoms with E-state index in [1.807, 2.05) is 42.2 Å². The van der Waals surface area contributed by atoms with Gasteiger partial charge in [-0.05, 0) is 18.6 Å². The normalized spacial score (nSPS) is 17.2. The number of anilines is 2. The Labute approximate surface area is 129 Å². The molecule has 1 unspecified atom stereocenters. The minimum Gasteiger partial charge on any atom is -0.391 e. The number of hydrogen-bond donors (Lipinski definition) is 2. The quantitative estimate of drug-likeness (QED) is 0.890. The fraction of sp³-hybridized carbons (Fsp3) is 0.375. The fourth-order valence-corrected chi connectivity index (χ4v) is 2.90. The Bertz CT molecular complexity index is 695. The summed E-state index contributed by atoms with van der Waals surface area (Å²) in [6.07, 6.45) is 0.191. The second-order valence-corrected chi connectivity index (χ2v) is 5.71. The van der Waals surface area contributed by atoms with Crippen LogP contribution in [0.25, 0.3) is 0 Å². The summed E-state index contributed by atoms with van der Waals surface area (Å²) >= 11 is 0. The van der Waals surface area contributed by atoms with Gasteiger partial charge in [-0.1, -0.05) is 18.2 Å². The average Bonchev–Trinajstić information content (AvgIpc) is 2.76. The van der Waals surface area contributed by atoms with Crippen molar-refractivity contribution in [2.45, 2.75) is 19.4 Å². The fourth-order valence-electron chi connectivity index (χ4n) is 2.90. The predicted molar refractivity (Wildman–Crippen MR) is 84.9 cm³/mol. The zero-order chi connectivity index (χ0) is 15.7. The molecule has 2 N–H and O–H groups in total. The summed E-state index contributed by atoms with van der Waals surface area (Å²) in [6, 6.07) is 9.71. The first kappa shape index (κ1) is 14.6. The van der Waals surface area contributed by atoms with Gasteiger partial charge in [-0.25, -0.2) is 0 Å². The molecule has 6 heteroatoms. The van der Waals surface area contributed by atoms with E-state index in [4.69, 9.17) is 0 Å². The average molecular weight is 300 g/mol. The molecule has 1 atom stereocenters. The lowest BCUT2D eigenvalue weighted by atomic mass is 10.00. The van der Waals surface area contributed by atoms with E-state index in [0.29, 0.717) is 18.8 Å². The van der Waals surface area contributed by atoms with Gasteiger partial charge in [0.15, 0.2) is 0 Å². The number of nitrogens with zero attached hydrogens (tertiary/aromatic N) is 3. The van der Waals surface area contributed by atoms with Crippen molar-refractivity contribution in [1.29, 1.82) is 0 Å². The monoisotopic (exact) mass is 300 g/mol. The Balaban J connectivity index is 1.73. The maximum absolute atomic E-state index is 12.3. The molecule has 6 nitrogen and oxygen atoms in total. The number of amides is 1. The number of β-amino-alcohol motifs (C(OH)–C–C–N with tert-alkyl or cyclic N) is 1. The third-order valence-corrected chi connectivity index (χ3v) is 3.82. The number of carbonyl (C=O) groups is 1. The van der Waals surface area contributed by atoms with Gasteiger partial charge in [0, 0.05) is 31.8 Å². The Morgan fingerprint density at radius 2 is 2.23 bits per heavy atom. The van der Waals surface area contributed by atoms with Gasteiger partial charge in [0.1, 0.15) is 5.82 Å². The van der Waals surface area contributed by atoms with Crippen molar-refractivity contribution in [3.05, 3.63) is 41.6 Å². The van der Waals surface area contributed by atoms with Crippen LogP contribution in [0, 0.1) is 6.92 Å². The van der Waals surface area contributed by atoms with E-state index < -0.39 is 6.10 Å². The highest BCUT2D eigenvalue weighted by molar-refractivity contribution is 5.93. The largest absolute Gasteiger partial charge is 0.391 e. The summed E-state index contributed by atoms with van der Waals surface area (Å²) in [5.74, 6) is 0.556. The van der Waals surface area contributed by atoms with E-state index >= 15 is 0 Å². The third kappa shape index (κ3) is 2.96. The van der Waals surface area contributed by atoms with Crippen LogP contribution in [0.5, 0.6) is 0 Å². The zero-order valence-electron chi connectivity index (χ0n) is 12.8. The van der Waals surface area contributed by atoms with Crippen molar-refractivity contribution in [2.75, 3.05) is 23.3 Å². The lowest BCUT2D eigenvalue weighted by molar-refractivity contribution is -0.115. The SMILES string of the molecule is Cc1cc(NC(=O)CN2CC(O)Cc3ccccc32)n(C)n1. The number of aromatic nitrogens is 2. The first-order valence-electron chi connectivity index (χ1n) is 7.34. The van der Waals surface area contributed by atoms with Crippen molar-refractivity contribution in [3.8, 4) is 0 Å². The lowest BCUT2D eigenvalue weighted by Gasteiger charge is -2.33. The van der Waals surface area contributed by atoms with Crippen LogP contribution >= 0.6 is 0 Å². The van der Waals surface area contributed by atoms with Crippen molar-refractivity contribution in [2.24, 2.45) is 7.05 Å². The summed E-state index contributed by atoms with van der Waals surface area (Å²) in [7, 11) is 1.79. The van der Waals surface area contributed by atoms with Gasteiger partial charge in [0.05, 0.1) is 18.3 Å². The molecule has 1 aromatic carbocycles. The van der Waals surface area contributed by atoms with Crippen LogP contribution < -0.4 is 10.2 Å². The van der Waals surface area contributed by atoms with Gasteiger partial charge in [-0.2, -0.15) is 5.10 Å². The van der Waals surface area contributed by atoms with Crippen molar-refractivity contribution >= 4 is 17.4 Å². The van der Waals surface area contributed by atoms with Crippen LogP contribution in [0.1, 0.15) is 11.3 Å². The highest BCUT2D eigenvalue weighted by atomic mass is 16.3. The van der Waals surface area contributed by atoms with Gasteiger partial charge >= 0.3 is 0 Å². The number of aliphatic hydroxyl groups is 1. The number of aryl methyl sites for hydroxylation is 2. The number of rotatable bonds is 3. The Morgan fingerprint density at radius 3 is 2.95 bits per heavy atom.